The van der Waals surface area contributed by atoms with E-state index in [-0.39, 0.29) is 5.91 Å². The number of hydrogen-bond donors (Lipinski definition) is 2. The maximum absolute atomic E-state index is 12.2. The minimum atomic E-state index is -0.556. The van der Waals surface area contributed by atoms with Crippen molar-refractivity contribution in [2.24, 2.45) is 0 Å². The third kappa shape index (κ3) is 4.22. The van der Waals surface area contributed by atoms with Crippen LogP contribution in [0.25, 0.3) is 0 Å². The molecule has 2 rings (SSSR count). The average Bonchev–Trinajstić information content (AvgIpc) is 2.51. The van der Waals surface area contributed by atoms with Gasteiger partial charge in [0.05, 0.1) is 12.7 Å². The van der Waals surface area contributed by atoms with E-state index >= 15 is 0 Å². The normalized spacial score (nSPS) is 9.95. The molecule has 0 unspecified atom stereocenters. The van der Waals surface area contributed by atoms with Crippen molar-refractivity contribution >= 4 is 50.9 Å². The van der Waals surface area contributed by atoms with Crippen molar-refractivity contribution in [3.05, 3.63) is 57.5 Å². The number of rotatable bonds is 3. The molecule has 0 saturated carbocycles. The predicted octanol–water partition coefficient (Wildman–Crippen LogP) is 4.53. The van der Waals surface area contributed by atoms with Crippen LogP contribution in [0.3, 0.4) is 0 Å². The van der Waals surface area contributed by atoms with Crippen molar-refractivity contribution in [2.75, 3.05) is 17.7 Å². The molecule has 2 aromatic carbocycles. The summed E-state index contributed by atoms with van der Waals surface area (Å²) in [4.78, 5) is 23.3. The van der Waals surface area contributed by atoms with Crippen molar-refractivity contribution in [2.45, 2.75) is 0 Å². The zero-order valence-corrected chi connectivity index (χ0v) is 13.9. The molecule has 0 atom stereocenters. The van der Waals surface area contributed by atoms with E-state index in [4.69, 9.17) is 11.6 Å². The molecule has 0 aliphatic carbocycles. The van der Waals surface area contributed by atoms with E-state index in [1.807, 2.05) is 0 Å². The molecule has 2 amide bonds. The van der Waals surface area contributed by atoms with Crippen LogP contribution in [-0.4, -0.2) is 19.1 Å². The first-order valence-electron chi connectivity index (χ1n) is 6.21. The highest BCUT2D eigenvalue weighted by atomic mass is 79.9. The van der Waals surface area contributed by atoms with E-state index in [2.05, 4.69) is 31.3 Å². The minimum absolute atomic E-state index is 0.289. The zero-order valence-electron chi connectivity index (χ0n) is 11.5. The molecular weight excluding hydrogens is 372 g/mol. The highest BCUT2D eigenvalue weighted by Gasteiger charge is 2.11. The first-order chi connectivity index (χ1) is 10.5. The standard InChI is InChI=1S/C15H12BrClN2O3/c1-22-15(21)19-11-5-3-10(4-6-11)18-14(20)12-8-9(17)2-7-13(12)16/h2-8H,1H3,(H,18,20)(H,19,21). The van der Waals surface area contributed by atoms with Gasteiger partial charge in [-0.05, 0) is 58.4 Å². The molecule has 5 nitrogen and oxygen atoms in total. The van der Waals surface area contributed by atoms with Crippen LogP contribution in [0.1, 0.15) is 10.4 Å². The molecule has 7 heteroatoms. The maximum Gasteiger partial charge on any atom is 0.411 e. The second-order valence-corrected chi connectivity index (χ2v) is 5.56. The molecular formula is C15H12BrClN2O3. The third-order valence-corrected chi connectivity index (χ3v) is 3.67. The smallest absolute Gasteiger partial charge is 0.411 e. The van der Waals surface area contributed by atoms with Gasteiger partial charge in [0, 0.05) is 20.9 Å². The number of amides is 2. The lowest BCUT2D eigenvalue weighted by Crippen LogP contribution is -2.13. The minimum Gasteiger partial charge on any atom is -0.453 e. The van der Waals surface area contributed by atoms with Crippen LogP contribution in [-0.2, 0) is 4.74 Å². The second kappa shape index (κ2) is 7.29. The van der Waals surface area contributed by atoms with Gasteiger partial charge >= 0.3 is 6.09 Å². The molecule has 0 aliphatic heterocycles. The number of ether oxygens (including phenoxy) is 1. The first kappa shape index (κ1) is 16.3. The molecule has 114 valence electrons. The summed E-state index contributed by atoms with van der Waals surface area (Å²) in [5, 5.41) is 5.75. The second-order valence-electron chi connectivity index (χ2n) is 4.27. The zero-order chi connectivity index (χ0) is 16.1. The lowest BCUT2D eigenvalue weighted by atomic mass is 10.2. The molecule has 0 spiro atoms. The molecule has 0 fully saturated rings. The summed E-state index contributed by atoms with van der Waals surface area (Å²) in [7, 11) is 1.28. The van der Waals surface area contributed by atoms with Crippen LogP contribution in [0, 0.1) is 0 Å². The SMILES string of the molecule is COC(=O)Nc1ccc(NC(=O)c2cc(Cl)ccc2Br)cc1. The summed E-state index contributed by atoms with van der Waals surface area (Å²) in [6.07, 6.45) is -0.556. The number of halogens is 2. The molecule has 0 aliphatic rings. The van der Waals surface area contributed by atoms with Crippen molar-refractivity contribution in [3.63, 3.8) is 0 Å². The number of anilines is 2. The predicted molar refractivity (Wildman–Crippen MR) is 89.6 cm³/mol. The Labute approximate surface area is 140 Å². The third-order valence-electron chi connectivity index (χ3n) is 2.75. The Hall–Kier alpha value is -2.05. The van der Waals surface area contributed by atoms with Gasteiger partial charge in [0.25, 0.3) is 5.91 Å². The van der Waals surface area contributed by atoms with Crippen molar-refractivity contribution in [1.29, 1.82) is 0 Å². The summed E-state index contributed by atoms with van der Waals surface area (Å²) in [5.41, 5.74) is 1.59. The van der Waals surface area contributed by atoms with Crippen molar-refractivity contribution < 1.29 is 14.3 Å². The fraction of sp³-hybridized carbons (Fsp3) is 0.0667. The first-order valence-corrected chi connectivity index (χ1v) is 7.38. The maximum atomic E-state index is 12.2. The highest BCUT2D eigenvalue weighted by molar-refractivity contribution is 9.10. The summed E-state index contributed by atoms with van der Waals surface area (Å²) in [6.45, 7) is 0. The molecule has 0 saturated heterocycles. The Balaban J connectivity index is 2.08. The van der Waals surface area contributed by atoms with E-state index in [1.54, 1.807) is 42.5 Å². The lowest BCUT2D eigenvalue weighted by molar-refractivity contribution is 0.102. The summed E-state index contributed by atoms with van der Waals surface area (Å²) in [5.74, 6) is -0.289. The van der Waals surface area contributed by atoms with Gasteiger partial charge in [-0.25, -0.2) is 4.79 Å². The summed E-state index contributed by atoms with van der Waals surface area (Å²) in [6, 6.07) is 11.6. The molecule has 0 radical (unpaired) electrons. The summed E-state index contributed by atoms with van der Waals surface area (Å²) >= 11 is 9.20. The van der Waals surface area contributed by atoms with Crippen LogP contribution >= 0.6 is 27.5 Å². The fourth-order valence-electron chi connectivity index (χ4n) is 1.68. The van der Waals surface area contributed by atoms with Gasteiger partial charge in [0.2, 0.25) is 0 Å². The van der Waals surface area contributed by atoms with Gasteiger partial charge in [-0.1, -0.05) is 11.6 Å². The van der Waals surface area contributed by atoms with E-state index in [1.165, 1.54) is 7.11 Å². The number of hydrogen-bond acceptors (Lipinski definition) is 3. The van der Waals surface area contributed by atoms with Crippen LogP contribution in [0.15, 0.2) is 46.9 Å². The molecule has 0 heterocycles. The molecule has 0 aromatic heterocycles. The number of methoxy groups -OCH3 is 1. The van der Waals surface area contributed by atoms with Gasteiger partial charge in [0.15, 0.2) is 0 Å². The molecule has 0 bridgehead atoms. The fourth-order valence-corrected chi connectivity index (χ4v) is 2.27. The molecule has 22 heavy (non-hydrogen) atoms. The molecule has 2 aromatic rings. The number of benzene rings is 2. The van der Waals surface area contributed by atoms with Crippen molar-refractivity contribution in [1.82, 2.24) is 0 Å². The number of carbonyl (C=O) groups excluding carboxylic acids is 2. The van der Waals surface area contributed by atoms with E-state index < -0.39 is 6.09 Å². The van der Waals surface area contributed by atoms with E-state index in [0.717, 1.165) is 0 Å². The largest absolute Gasteiger partial charge is 0.453 e. The quantitative estimate of drug-likeness (QED) is 0.818. The summed E-state index contributed by atoms with van der Waals surface area (Å²) < 4.78 is 5.14. The Kier molecular flexibility index (Phi) is 5.41. The topological polar surface area (TPSA) is 67.4 Å². The van der Waals surface area contributed by atoms with E-state index in [9.17, 15) is 9.59 Å². The lowest BCUT2D eigenvalue weighted by Gasteiger charge is -2.09. The van der Waals surface area contributed by atoms with Crippen LogP contribution in [0.2, 0.25) is 5.02 Å². The van der Waals surface area contributed by atoms with Crippen LogP contribution in [0.4, 0.5) is 16.2 Å². The Morgan fingerprint density at radius 1 is 1.05 bits per heavy atom. The highest BCUT2D eigenvalue weighted by Crippen LogP contribution is 2.22. The van der Waals surface area contributed by atoms with Gasteiger partial charge in [-0.15, -0.1) is 0 Å². The van der Waals surface area contributed by atoms with Crippen LogP contribution in [0.5, 0.6) is 0 Å². The van der Waals surface area contributed by atoms with Gasteiger partial charge < -0.3 is 10.1 Å². The Morgan fingerprint density at radius 3 is 2.23 bits per heavy atom. The van der Waals surface area contributed by atoms with Crippen LogP contribution < -0.4 is 10.6 Å². The Morgan fingerprint density at radius 2 is 1.64 bits per heavy atom. The van der Waals surface area contributed by atoms with Crippen molar-refractivity contribution in [3.8, 4) is 0 Å². The average molecular weight is 384 g/mol. The number of carbonyl (C=O) groups is 2. The van der Waals surface area contributed by atoms with Gasteiger partial charge in [-0.3, -0.25) is 10.1 Å². The molecule has 2 N–H and O–H groups in total. The monoisotopic (exact) mass is 382 g/mol. The van der Waals surface area contributed by atoms with E-state index in [0.29, 0.717) is 26.4 Å². The Bertz CT molecular complexity index is 704. The van der Waals surface area contributed by atoms with Gasteiger partial charge in [-0.2, -0.15) is 0 Å². The van der Waals surface area contributed by atoms with Gasteiger partial charge in [0.1, 0.15) is 0 Å². The number of nitrogens with one attached hydrogen (secondary N) is 2.